The van der Waals surface area contributed by atoms with E-state index < -0.39 is 0 Å². The molecule has 0 heterocycles. The first-order valence-electron chi connectivity index (χ1n) is 7.25. The van der Waals surface area contributed by atoms with Crippen molar-refractivity contribution in [2.45, 2.75) is 0 Å². The van der Waals surface area contributed by atoms with Crippen LogP contribution in [0.5, 0.6) is 5.75 Å². The Morgan fingerprint density at radius 1 is 0.857 bits per heavy atom. The largest absolute Gasteiger partial charge is 0.491 e. The van der Waals surface area contributed by atoms with E-state index in [-0.39, 0.29) is 6.61 Å². The standard InChI is InChI=1S/C18H19NO2/c20-11-9-19-10-12-21-18-16-7-3-1-5-14(16)13-15-6-2-4-8-17(15)18/h1-8,13,19-20H,9-12H2. The summed E-state index contributed by atoms with van der Waals surface area (Å²) in [5.41, 5.74) is 0. The van der Waals surface area contributed by atoms with Crippen LogP contribution in [0, 0.1) is 0 Å². The van der Waals surface area contributed by atoms with Gasteiger partial charge in [0.15, 0.2) is 0 Å². The average Bonchev–Trinajstić information content (AvgIpc) is 2.53. The lowest BCUT2D eigenvalue weighted by molar-refractivity contribution is 0.277. The molecule has 108 valence electrons. The van der Waals surface area contributed by atoms with Crippen molar-refractivity contribution in [2.24, 2.45) is 0 Å². The Hall–Kier alpha value is -2.10. The van der Waals surface area contributed by atoms with Gasteiger partial charge < -0.3 is 15.2 Å². The lowest BCUT2D eigenvalue weighted by atomic mass is 10.0. The minimum absolute atomic E-state index is 0.150. The van der Waals surface area contributed by atoms with E-state index >= 15 is 0 Å². The number of fused-ring (bicyclic) bond motifs is 2. The van der Waals surface area contributed by atoms with Crippen LogP contribution in [0.15, 0.2) is 54.6 Å². The molecule has 0 unspecified atom stereocenters. The second kappa shape index (κ2) is 6.57. The van der Waals surface area contributed by atoms with Crippen molar-refractivity contribution in [1.82, 2.24) is 5.32 Å². The summed E-state index contributed by atoms with van der Waals surface area (Å²) in [5, 5.41) is 16.5. The van der Waals surface area contributed by atoms with Gasteiger partial charge in [-0.25, -0.2) is 0 Å². The highest BCUT2D eigenvalue weighted by molar-refractivity contribution is 6.05. The topological polar surface area (TPSA) is 41.5 Å². The van der Waals surface area contributed by atoms with Gasteiger partial charge >= 0.3 is 0 Å². The SMILES string of the molecule is OCCNCCOc1c2ccccc2cc2ccccc12. The van der Waals surface area contributed by atoms with E-state index in [0.717, 1.165) is 23.1 Å². The maximum atomic E-state index is 8.76. The summed E-state index contributed by atoms with van der Waals surface area (Å²) in [6.45, 7) is 2.05. The van der Waals surface area contributed by atoms with E-state index in [0.29, 0.717) is 13.2 Å². The van der Waals surface area contributed by atoms with E-state index in [1.165, 1.54) is 10.8 Å². The number of ether oxygens (including phenoxy) is 1. The first-order valence-corrected chi connectivity index (χ1v) is 7.25. The molecule has 0 saturated carbocycles. The Balaban J connectivity index is 1.96. The molecule has 2 N–H and O–H groups in total. The molecule has 0 bridgehead atoms. The fraction of sp³-hybridized carbons (Fsp3) is 0.222. The first-order chi connectivity index (χ1) is 10.4. The summed E-state index contributed by atoms with van der Waals surface area (Å²) in [7, 11) is 0. The second-order valence-electron chi connectivity index (χ2n) is 4.97. The Kier molecular flexibility index (Phi) is 4.34. The maximum absolute atomic E-state index is 8.76. The van der Waals surface area contributed by atoms with Crippen molar-refractivity contribution < 1.29 is 9.84 Å². The molecule has 3 nitrogen and oxygen atoms in total. The van der Waals surface area contributed by atoms with Gasteiger partial charge in [0.25, 0.3) is 0 Å². The third kappa shape index (κ3) is 2.99. The molecule has 3 aromatic rings. The number of rotatable bonds is 6. The van der Waals surface area contributed by atoms with Crippen molar-refractivity contribution in [1.29, 1.82) is 0 Å². The zero-order valence-corrected chi connectivity index (χ0v) is 11.9. The quantitative estimate of drug-likeness (QED) is 0.539. The Morgan fingerprint density at radius 2 is 1.48 bits per heavy atom. The van der Waals surface area contributed by atoms with Crippen molar-refractivity contribution in [3.63, 3.8) is 0 Å². The van der Waals surface area contributed by atoms with Gasteiger partial charge in [-0.05, 0) is 16.8 Å². The van der Waals surface area contributed by atoms with Crippen LogP contribution < -0.4 is 10.1 Å². The van der Waals surface area contributed by atoms with Crippen LogP contribution in [0.4, 0.5) is 0 Å². The van der Waals surface area contributed by atoms with E-state index in [1.54, 1.807) is 0 Å². The van der Waals surface area contributed by atoms with Crippen LogP contribution in [0.3, 0.4) is 0 Å². The predicted octanol–water partition coefficient (Wildman–Crippen LogP) is 2.95. The molecule has 3 aromatic carbocycles. The van der Waals surface area contributed by atoms with Crippen LogP contribution in [-0.4, -0.2) is 31.4 Å². The number of aliphatic hydroxyl groups excluding tert-OH is 1. The van der Waals surface area contributed by atoms with Crippen LogP contribution in [0.1, 0.15) is 0 Å². The molecule has 0 spiro atoms. The normalized spacial score (nSPS) is 11.1. The van der Waals surface area contributed by atoms with Crippen molar-refractivity contribution in [3.05, 3.63) is 54.6 Å². The van der Waals surface area contributed by atoms with Gasteiger partial charge in [0.2, 0.25) is 0 Å². The molecule has 0 aliphatic heterocycles. The Bertz CT molecular complexity index is 685. The Morgan fingerprint density at radius 3 is 2.10 bits per heavy atom. The highest BCUT2D eigenvalue weighted by Crippen LogP contribution is 2.34. The molecule has 0 saturated heterocycles. The number of aliphatic hydroxyl groups is 1. The van der Waals surface area contributed by atoms with Gasteiger partial charge in [-0.2, -0.15) is 0 Å². The highest BCUT2D eigenvalue weighted by Gasteiger charge is 2.08. The summed E-state index contributed by atoms with van der Waals surface area (Å²) in [6.07, 6.45) is 0. The number of hydrogen-bond donors (Lipinski definition) is 2. The zero-order chi connectivity index (χ0) is 14.5. The molecular weight excluding hydrogens is 262 g/mol. The zero-order valence-electron chi connectivity index (χ0n) is 11.9. The van der Waals surface area contributed by atoms with Crippen LogP contribution in [0.25, 0.3) is 21.5 Å². The van der Waals surface area contributed by atoms with Gasteiger partial charge in [-0.15, -0.1) is 0 Å². The van der Waals surface area contributed by atoms with Gasteiger partial charge in [0, 0.05) is 23.9 Å². The number of hydrogen-bond acceptors (Lipinski definition) is 3. The minimum atomic E-state index is 0.150. The smallest absolute Gasteiger partial charge is 0.135 e. The summed E-state index contributed by atoms with van der Waals surface area (Å²) in [5.74, 6) is 0.939. The lowest BCUT2D eigenvalue weighted by Crippen LogP contribution is -2.24. The van der Waals surface area contributed by atoms with Crippen molar-refractivity contribution in [3.8, 4) is 5.75 Å². The van der Waals surface area contributed by atoms with E-state index in [2.05, 4.69) is 35.6 Å². The van der Waals surface area contributed by atoms with Gasteiger partial charge in [-0.3, -0.25) is 0 Å². The van der Waals surface area contributed by atoms with Crippen LogP contribution in [-0.2, 0) is 0 Å². The van der Waals surface area contributed by atoms with Crippen molar-refractivity contribution in [2.75, 3.05) is 26.3 Å². The summed E-state index contributed by atoms with van der Waals surface area (Å²) >= 11 is 0. The molecule has 21 heavy (non-hydrogen) atoms. The molecule has 0 aliphatic carbocycles. The fourth-order valence-electron chi connectivity index (χ4n) is 2.56. The highest BCUT2D eigenvalue weighted by atomic mass is 16.5. The molecule has 0 aliphatic rings. The van der Waals surface area contributed by atoms with Gasteiger partial charge in [-0.1, -0.05) is 48.5 Å². The fourth-order valence-corrected chi connectivity index (χ4v) is 2.56. The van der Waals surface area contributed by atoms with Gasteiger partial charge in [0.05, 0.1) is 6.61 Å². The predicted molar refractivity (Wildman–Crippen MR) is 86.9 cm³/mol. The minimum Gasteiger partial charge on any atom is -0.491 e. The van der Waals surface area contributed by atoms with E-state index in [9.17, 15) is 0 Å². The second-order valence-corrected chi connectivity index (χ2v) is 4.97. The van der Waals surface area contributed by atoms with Gasteiger partial charge in [0.1, 0.15) is 12.4 Å². The average molecular weight is 281 g/mol. The molecule has 0 radical (unpaired) electrons. The third-order valence-electron chi connectivity index (χ3n) is 3.54. The molecular formula is C18H19NO2. The summed E-state index contributed by atoms with van der Waals surface area (Å²) in [6, 6.07) is 18.8. The maximum Gasteiger partial charge on any atom is 0.135 e. The van der Waals surface area contributed by atoms with E-state index in [4.69, 9.17) is 9.84 Å². The van der Waals surface area contributed by atoms with Crippen LogP contribution in [0.2, 0.25) is 0 Å². The molecule has 3 rings (SSSR count). The van der Waals surface area contributed by atoms with Crippen LogP contribution >= 0.6 is 0 Å². The number of nitrogens with one attached hydrogen (secondary N) is 1. The summed E-state index contributed by atoms with van der Waals surface area (Å²) < 4.78 is 6.03. The number of benzene rings is 3. The molecule has 0 atom stereocenters. The molecule has 0 amide bonds. The first kappa shape index (κ1) is 13.9. The Labute approximate surface area is 124 Å². The lowest BCUT2D eigenvalue weighted by Gasteiger charge is -2.13. The molecule has 3 heteroatoms. The van der Waals surface area contributed by atoms with E-state index in [1.807, 2.05) is 24.3 Å². The monoisotopic (exact) mass is 281 g/mol. The van der Waals surface area contributed by atoms with Crippen molar-refractivity contribution >= 4 is 21.5 Å². The molecule has 0 aromatic heterocycles. The molecule has 0 fully saturated rings. The third-order valence-corrected chi connectivity index (χ3v) is 3.54. The summed E-state index contributed by atoms with van der Waals surface area (Å²) in [4.78, 5) is 0.